The van der Waals surface area contributed by atoms with Crippen LogP contribution in [-0.4, -0.2) is 53.5 Å². The summed E-state index contributed by atoms with van der Waals surface area (Å²) in [5.41, 5.74) is 6.75. The molecule has 1 aliphatic heterocycles. The third-order valence-corrected chi connectivity index (χ3v) is 4.73. The second kappa shape index (κ2) is 9.57. The van der Waals surface area contributed by atoms with Crippen LogP contribution in [0.5, 0.6) is 0 Å². The van der Waals surface area contributed by atoms with Gasteiger partial charge in [-0.15, -0.1) is 0 Å². The van der Waals surface area contributed by atoms with E-state index in [-0.39, 0.29) is 30.6 Å². The average molecular weight is 361 g/mol. The van der Waals surface area contributed by atoms with Crippen molar-refractivity contribution in [3.8, 4) is 0 Å². The summed E-state index contributed by atoms with van der Waals surface area (Å²) < 4.78 is 5.44. The van der Waals surface area contributed by atoms with E-state index in [0.717, 1.165) is 18.4 Å². The zero-order valence-electron chi connectivity index (χ0n) is 16.1. The summed E-state index contributed by atoms with van der Waals surface area (Å²) in [5.74, 6) is 0.210. The highest BCUT2D eigenvalue weighted by atomic mass is 16.6. The third-order valence-electron chi connectivity index (χ3n) is 4.73. The lowest BCUT2D eigenvalue weighted by atomic mass is 9.97. The summed E-state index contributed by atoms with van der Waals surface area (Å²) in [6.45, 7) is 7.93. The molecule has 1 saturated heterocycles. The molecule has 2 N–H and O–H groups in total. The maximum absolute atomic E-state index is 12.4. The highest BCUT2D eigenvalue weighted by Crippen LogP contribution is 2.20. The Labute approximate surface area is 156 Å². The van der Waals surface area contributed by atoms with Gasteiger partial charge < -0.3 is 20.3 Å². The molecule has 6 nitrogen and oxygen atoms in total. The molecule has 2 rings (SSSR count). The van der Waals surface area contributed by atoms with Gasteiger partial charge in [0.1, 0.15) is 6.61 Å². The van der Waals surface area contributed by atoms with E-state index in [1.165, 1.54) is 0 Å². The molecule has 1 fully saturated rings. The highest BCUT2D eigenvalue weighted by molar-refractivity contribution is 5.81. The molecule has 2 atom stereocenters. The maximum Gasteiger partial charge on any atom is 0.410 e. The molecular weight excluding hydrogens is 330 g/mol. The molecule has 1 unspecified atom stereocenters. The molecule has 0 spiro atoms. The Bertz CT molecular complexity index is 589. The lowest BCUT2D eigenvalue weighted by Gasteiger charge is -2.37. The largest absolute Gasteiger partial charge is 0.445 e. The number of nitrogens with zero attached hydrogens (tertiary/aromatic N) is 2. The molecule has 1 aromatic carbocycles. The van der Waals surface area contributed by atoms with Gasteiger partial charge in [0.05, 0.1) is 6.04 Å². The van der Waals surface area contributed by atoms with Crippen LogP contribution in [0.15, 0.2) is 30.3 Å². The first kappa shape index (κ1) is 20.2. The normalized spacial score (nSPS) is 18.5. The molecule has 1 heterocycles. The topological polar surface area (TPSA) is 75.9 Å². The van der Waals surface area contributed by atoms with Crippen molar-refractivity contribution in [2.75, 3.05) is 19.6 Å². The van der Waals surface area contributed by atoms with Crippen molar-refractivity contribution in [1.82, 2.24) is 9.80 Å². The quantitative estimate of drug-likeness (QED) is 0.845. The summed E-state index contributed by atoms with van der Waals surface area (Å²) in [6, 6.07) is 9.25. The second-order valence-corrected chi connectivity index (χ2v) is 7.37. The molecule has 144 valence electrons. The zero-order chi connectivity index (χ0) is 19.1. The number of carbonyl (C=O) groups excluding carboxylic acids is 2. The number of benzene rings is 1. The van der Waals surface area contributed by atoms with Crippen molar-refractivity contribution in [3.63, 3.8) is 0 Å². The summed E-state index contributed by atoms with van der Waals surface area (Å²) in [5, 5.41) is 0. The number of likely N-dealkylation sites (tertiary alicyclic amines) is 1. The van der Waals surface area contributed by atoms with E-state index in [1.54, 1.807) is 11.8 Å². The van der Waals surface area contributed by atoms with Crippen molar-refractivity contribution < 1.29 is 14.3 Å². The fourth-order valence-corrected chi connectivity index (χ4v) is 3.29. The van der Waals surface area contributed by atoms with E-state index in [1.807, 2.05) is 49.1 Å². The number of amides is 2. The van der Waals surface area contributed by atoms with E-state index in [2.05, 4.69) is 0 Å². The minimum Gasteiger partial charge on any atom is -0.445 e. The molecule has 1 aromatic rings. The van der Waals surface area contributed by atoms with E-state index in [9.17, 15) is 9.59 Å². The standard InChI is InChI=1S/C20H31N3O3/c1-15(2)23(19(24)16(3)21)13-18-10-7-11-22(12-18)20(25)26-14-17-8-5-4-6-9-17/h4-6,8-9,15-16,18H,7,10-14,21H2,1-3H3/t16-,18?/m0/s1. The van der Waals surface area contributed by atoms with Crippen LogP contribution in [0.1, 0.15) is 39.2 Å². The number of nitrogens with two attached hydrogens (primary N) is 1. The smallest absolute Gasteiger partial charge is 0.410 e. The monoisotopic (exact) mass is 361 g/mol. The highest BCUT2D eigenvalue weighted by Gasteiger charge is 2.29. The van der Waals surface area contributed by atoms with Crippen LogP contribution < -0.4 is 5.73 Å². The van der Waals surface area contributed by atoms with Gasteiger partial charge in [0, 0.05) is 25.7 Å². The number of rotatable bonds is 6. The van der Waals surface area contributed by atoms with Gasteiger partial charge >= 0.3 is 6.09 Å². The van der Waals surface area contributed by atoms with Crippen LogP contribution in [0.3, 0.4) is 0 Å². The van der Waals surface area contributed by atoms with Crippen molar-refractivity contribution in [1.29, 1.82) is 0 Å². The van der Waals surface area contributed by atoms with E-state index in [4.69, 9.17) is 10.5 Å². The summed E-state index contributed by atoms with van der Waals surface area (Å²) in [4.78, 5) is 28.3. The summed E-state index contributed by atoms with van der Waals surface area (Å²) in [6.07, 6.45) is 1.63. The lowest BCUT2D eigenvalue weighted by Crippen LogP contribution is -2.50. The molecule has 6 heteroatoms. The van der Waals surface area contributed by atoms with Crippen LogP contribution in [0.4, 0.5) is 4.79 Å². The van der Waals surface area contributed by atoms with Gasteiger partial charge in [-0.05, 0) is 45.1 Å². The molecule has 0 aromatic heterocycles. The van der Waals surface area contributed by atoms with Gasteiger partial charge in [-0.2, -0.15) is 0 Å². The van der Waals surface area contributed by atoms with Crippen LogP contribution >= 0.6 is 0 Å². The van der Waals surface area contributed by atoms with Crippen molar-refractivity contribution >= 4 is 12.0 Å². The van der Waals surface area contributed by atoms with Gasteiger partial charge in [-0.25, -0.2) is 4.79 Å². The van der Waals surface area contributed by atoms with Crippen LogP contribution in [0.25, 0.3) is 0 Å². The van der Waals surface area contributed by atoms with E-state index < -0.39 is 6.04 Å². The lowest BCUT2D eigenvalue weighted by molar-refractivity contribution is -0.134. The van der Waals surface area contributed by atoms with Crippen molar-refractivity contribution in [2.24, 2.45) is 11.7 Å². The molecule has 0 radical (unpaired) electrons. The Hall–Kier alpha value is -2.08. The van der Waals surface area contributed by atoms with Gasteiger partial charge in [-0.3, -0.25) is 4.79 Å². The van der Waals surface area contributed by atoms with Crippen LogP contribution in [0.2, 0.25) is 0 Å². The molecular formula is C20H31N3O3. The Morgan fingerprint density at radius 1 is 1.27 bits per heavy atom. The molecule has 0 saturated carbocycles. The predicted octanol–water partition coefficient (Wildman–Crippen LogP) is 2.62. The minimum absolute atomic E-state index is 0.0382. The number of hydrogen-bond donors (Lipinski definition) is 1. The molecule has 2 amide bonds. The SMILES string of the molecule is CC(C)N(CC1CCCN(C(=O)OCc2ccccc2)C1)C(=O)[C@H](C)N. The van der Waals surface area contributed by atoms with Crippen molar-refractivity contribution in [2.45, 2.75) is 52.3 Å². The van der Waals surface area contributed by atoms with E-state index in [0.29, 0.717) is 19.6 Å². The molecule has 26 heavy (non-hydrogen) atoms. The minimum atomic E-state index is -0.507. The van der Waals surface area contributed by atoms with Gasteiger partial charge in [0.15, 0.2) is 0 Å². The Morgan fingerprint density at radius 2 is 1.96 bits per heavy atom. The Balaban J connectivity index is 1.89. The summed E-state index contributed by atoms with van der Waals surface area (Å²) >= 11 is 0. The maximum atomic E-state index is 12.4. The molecule has 0 aliphatic carbocycles. The summed E-state index contributed by atoms with van der Waals surface area (Å²) in [7, 11) is 0. The fraction of sp³-hybridized carbons (Fsp3) is 0.600. The Morgan fingerprint density at radius 3 is 2.58 bits per heavy atom. The first-order chi connectivity index (χ1) is 12.4. The zero-order valence-corrected chi connectivity index (χ0v) is 16.1. The fourth-order valence-electron chi connectivity index (χ4n) is 3.29. The van der Waals surface area contributed by atoms with Gasteiger partial charge in [-0.1, -0.05) is 30.3 Å². The van der Waals surface area contributed by atoms with Gasteiger partial charge in [0.25, 0.3) is 0 Å². The Kier molecular flexibility index (Phi) is 7.45. The van der Waals surface area contributed by atoms with Gasteiger partial charge in [0.2, 0.25) is 5.91 Å². The average Bonchev–Trinajstić information content (AvgIpc) is 2.64. The van der Waals surface area contributed by atoms with Crippen molar-refractivity contribution in [3.05, 3.63) is 35.9 Å². The third kappa shape index (κ3) is 5.73. The van der Waals surface area contributed by atoms with Crippen LogP contribution in [0, 0.1) is 5.92 Å². The number of ether oxygens (including phenoxy) is 1. The van der Waals surface area contributed by atoms with E-state index >= 15 is 0 Å². The predicted molar refractivity (Wildman–Crippen MR) is 101 cm³/mol. The molecule has 0 bridgehead atoms. The molecule has 1 aliphatic rings. The first-order valence-electron chi connectivity index (χ1n) is 9.40. The first-order valence-corrected chi connectivity index (χ1v) is 9.40. The number of hydrogen-bond acceptors (Lipinski definition) is 4. The van der Waals surface area contributed by atoms with Crippen LogP contribution in [-0.2, 0) is 16.1 Å². The number of piperidine rings is 1. The second-order valence-electron chi connectivity index (χ2n) is 7.37. The number of carbonyl (C=O) groups is 2.